The first-order valence-electron chi connectivity index (χ1n) is 10.5. The first kappa shape index (κ1) is 21.6. The molecule has 30 heavy (non-hydrogen) atoms. The van der Waals surface area contributed by atoms with Crippen LogP contribution in [0.5, 0.6) is 0 Å². The first-order valence-corrected chi connectivity index (χ1v) is 10.5. The van der Waals surface area contributed by atoms with Gasteiger partial charge in [-0.25, -0.2) is 0 Å². The molecule has 0 atom stereocenters. The Bertz CT molecular complexity index is 905. The van der Waals surface area contributed by atoms with Crippen molar-refractivity contribution in [2.75, 3.05) is 6.54 Å². The normalized spacial score (nSPS) is 14.9. The maximum absolute atomic E-state index is 13.0. The SMILES string of the molecule is N=C(N)NCCC[CH]NC(=O)C1(C(=O)NCc2ccc3ccccc3c2)CCCC1. The molecule has 159 valence electrons. The zero-order valence-corrected chi connectivity index (χ0v) is 17.2. The molecule has 2 aromatic carbocycles. The van der Waals surface area contributed by atoms with Crippen LogP contribution in [0.4, 0.5) is 0 Å². The number of guanidine groups is 1. The fourth-order valence-electron chi connectivity index (χ4n) is 3.97. The summed E-state index contributed by atoms with van der Waals surface area (Å²) in [7, 11) is 0. The topological polar surface area (TPSA) is 120 Å². The Labute approximate surface area is 177 Å². The van der Waals surface area contributed by atoms with Crippen LogP contribution in [0, 0.1) is 17.4 Å². The molecule has 0 saturated heterocycles. The Morgan fingerprint density at radius 2 is 1.77 bits per heavy atom. The molecule has 0 unspecified atom stereocenters. The van der Waals surface area contributed by atoms with Gasteiger partial charge in [-0.15, -0.1) is 0 Å². The van der Waals surface area contributed by atoms with Gasteiger partial charge in [-0.05, 0) is 48.1 Å². The van der Waals surface area contributed by atoms with Gasteiger partial charge in [0.2, 0.25) is 11.8 Å². The van der Waals surface area contributed by atoms with Crippen LogP contribution in [-0.4, -0.2) is 24.3 Å². The Morgan fingerprint density at radius 3 is 2.50 bits per heavy atom. The lowest BCUT2D eigenvalue weighted by atomic mass is 9.83. The minimum atomic E-state index is -0.995. The highest BCUT2D eigenvalue weighted by molar-refractivity contribution is 6.05. The van der Waals surface area contributed by atoms with Crippen LogP contribution in [0.15, 0.2) is 42.5 Å². The molecule has 1 aliphatic rings. The third-order valence-electron chi connectivity index (χ3n) is 5.67. The summed E-state index contributed by atoms with van der Waals surface area (Å²) >= 11 is 0. The van der Waals surface area contributed by atoms with Gasteiger partial charge in [0.1, 0.15) is 5.41 Å². The third kappa shape index (κ3) is 5.28. The maximum atomic E-state index is 13.0. The molecule has 0 bridgehead atoms. The van der Waals surface area contributed by atoms with Crippen LogP contribution in [0.25, 0.3) is 10.8 Å². The van der Waals surface area contributed by atoms with Gasteiger partial charge in [-0.3, -0.25) is 15.0 Å². The summed E-state index contributed by atoms with van der Waals surface area (Å²) in [6, 6.07) is 14.2. The van der Waals surface area contributed by atoms with Crippen molar-refractivity contribution in [1.82, 2.24) is 16.0 Å². The predicted octanol–water partition coefficient (Wildman–Crippen LogP) is 2.56. The number of carbonyl (C=O) groups excluding carboxylic acids is 2. The van der Waals surface area contributed by atoms with Crippen LogP contribution in [0.2, 0.25) is 0 Å². The molecule has 0 aromatic heterocycles. The van der Waals surface area contributed by atoms with E-state index < -0.39 is 5.41 Å². The fraction of sp³-hybridized carbons (Fsp3) is 0.391. The number of hydrogen-bond donors (Lipinski definition) is 5. The van der Waals surface area contributed by atoms with Gasteiger partial charge >= 0.3 is 0 Å². The van der Waals surface area contributed by atoms with E-state index in [-0.39, 0.29) is 17.8 Å². The van der Waals surface area contributed by atoms with Crippen LogP contribution >= 0.6 is 0 Å². The number of rotatable bonds is 9. The molecule has 0 spiro atoms. The van der Waals surface area contributed by atoms with Crippen LogP contribution in [-0.2, 0) is 16.1 Å². The molecule has 7 nitrogen and oxygen atoms in total. The first-order chi connectivity index (χ1) is 14.5. The number of hydrogen-bond acceptors (Lipinski definition) is 3. The van der Waals surface area contributed by atoms with Gasteiger partial charge in [0, 0.05) is 19.6 Å². The maximum Gasteiger partial charge on any atom is 0.235 e. The summed E-state index contributed by atoms with van der Waals surface area (Å²) in [4.78, 5) is 25.9. The summed E-state index contributed by atoms with van der Waals surface area (Å²) in [5.41, 5.74) is 5.25. The molecular formula is C23H30N5O2. The van der Waals surface area contributed by atoms with Gasteiger partial charge in [0.25, 0.3) is 0 Å². The molecule has 3 rings (SSSR count). The van der Waals surface area contributed by atoms with E-state index in [0.717, 1.165) is 35.6 Å². The van der Waals surface area contributed by atoms with E-state index in [1.165, 1.54) is 0 Å². The smallest absolute Gasteiger partial charge is 0.235 e. The van der Waals surface area contributed by atoms with Crippen molar-refractivity contribution >= 4 is 28.5 Å². The number of nitrogens with two attached hydrogens (primary N) is 1. The number of nitrogens with one attached hydrogen (secondary N) is 4. The zero-order chi connectivity index (χ0) is 21.4. The summed E-state index contributed by atoms with van der Waals surface area (Å²) in [6.45, 7) is 2.67. The van der Waals surface area contributed by atoms with Crippen molar-refractivity contribution in [1.29, 1.82) is 5.41 Å². The standard InChI is InChI=1S/C23H30N5O2/c24-22(25)27-14-6-5-13-26-20(29)23(11-3-4-12-23)21(30)28-16-17-9-10-18-7-1-2-8-19(18)15-17/h1-2,7-10,13,15H,3-6,11-12,14,16H2,(H,26,29)(H,28,30)(H4,24,25,27). The average Bonchev–Trinajstić information content (AvgIpc) is 3.25. The van der Waals surface area contributed by atoms with Crippen molar-refractivity contribution in [2.24, 2.45) is 11.1 Å². The molecule has 1 saturated carbocycles. The molecule has 1 aliphatic carbocycles. The van der Waals surface area contributed by atoms with E-state index in [1.807, 2.05) is 30.3 Å². The highest BCUT2D eigenvalue weighted by Crippen LogP contribution is 2.38. The van der Waals surface area contributed by atoms with Gasteiger partial charge in [0.15, 0.2) is 5.96 Å². The van der Waals surface area contributed by atoms with Gasteiger partial charge in [-0.2, -0.15) is 0 Å². The van der Waals surface area contributed by atoms with E-state index in [1.54, 1.807) is 6.54 Å². The van der Waals surface area contributed by atoms with E-state index in [2.05, 4.69) is 28.1 Å². The Hall–Kier alpha value is -3.09. The van der Waals surface area contributed by atoms with Gasteiger partial charge in [-0.1, -0.05) is 49.2 Å². The van der Waals surface area contributed by atoms with E-state index >= 15 is 0 Å². The Balaban J connectivity index is 1.53. The van der Waals surface area contributed by atoms with E-state index in [9.17, 15) is 9.59 Å². The van der Waals surface area contributed by atoms with Gasteiger partial charge < -0.3 is 21.7 Å². The van der Waals surface area contributed by atoms with E-state index in [4.69, 9.17) is 11.1 Å². The van der Waals surface area contributed by atoms with Crippen LogP contribution in [0.1, 0.15) is 44.1 Å². The number of fused-ring (bicyclic) bond motifs is 1. The molecule has 7 heteroatoms. The van der Waals surface area contributed by atoms with Crippen LogP contribution < -0.4 is 21.7 Å². The molecule has 1 fully saturated rings. The number of unbranched alkanes of at least 4 members (excludes halogenated alkanes) is 1. The molecule has 0 heterocycles. The minimum absolute atomic E-state index is 0.0629. The largest absolute Gasteiger partial charge is 0.370 e. The second-order valence-corrected chi connectivity index (χ2v) is 7.81. The summed E-state index contributed by atoms with van der Waals surface area (Å²) in [6.07, 6.45) is 4.27. The van der Waals surface area contributed by atoms with Crippen LogP contribution in [0.3, 0.4) is 0 Å². The lowest BCUT2D eigenvalue weighted by molar-refractivity contribution is -0.143. The molecule has 2 amide bonds. The quantitative estimate of drug-likeness (QED) is 0.189. The Kier molecular flexibility index (Phi) is 7.27. The van der Waals surface area contributed by atoms with Crippen molar-refractivity contribution < 1.29 is 9.59 Å². The molecule has 6 N–H and O–H groups in total. The molecule has 1 radical (unpaired) electrons. The lowest BCUT2D eigenvalue weighted by Gasteiger charge is -2.26. The number of benzene rings is 2. The third-order valence-corrected chi connectivity index (χ3v) is 5.67. The van der Waals surface area contributed by atoms with Crippen molar-refractivity contribution in [3.63, 3.8) is 0 Å². The predicted molar refractivity (Wildman–Crippen MR) is 118 cm³/mol. The average molecular weight is 409 g/mol. The monoisotopic (exact) mass is 408 g/mol. The van der Waals surface area contributed by atoms with Crippen molar-refractivity contribution in [2.45, 2.75) is 45.1 Å². The fourth-order valence-corrected chi connectivity index (χ4v) is 3.97. The summed E-state index contributed by atoms with van der Waals surface area (Å²) in [5.74, 6) is -0.486. The highest BCUT2D eigenvalue weighted by Gasteiger charge is 2.47. The molecular weight excluding hydrogens is 378 g/mol. The second-order valence-electron chi connectivity index (χ2n) is 7.81. The molecule has 2 aromatic rings. The number of carbonyl (C=O) groups is 2. The second kappa shape index (κ2) is 10.1. The van der Waals surface area contributed by atoms with Crippen molar-refractivity contribution in [3.8, 4) is 0 Å². The van der Waals surface area contributed by atoms with Crippen molar-refractivity contribution in [3.05, 3.63) is 54.6 Å². The Morgan fingerprint density at radius 1 is 1.03 bits per heavy atom. The van der Waals surface area contributed by atoms with Gasteiger partial charge in [0.05, 0.1) is 0 Å². The summed E-state index contributed by atoms with van der Waals surface area (Å²) in [5, 5.41) is 17.9. The number of amides is 2. The lowest BCUT2D eigenvalue weighted by Crippen LogP contribution is -2.49. The zero-order valence-electron chi connectivity index (χ0n) is 17.2. The van der Waals surface area contributed by atoms with E-state index in [0.29, 0.717) is 32.4 Å². The highest BCUT2D eigenvalue weighted by atomic mass is 16.2. The molecule has 0 aliphatic heterocycles. The minimum Gasteiger partial charge on any atom is -0.370 e. The summed E-state index contributed by atoms with van der Waals surface area (Å²) < 4.78 is 0.